The van der Waals surface area contributed by atoms with E-state index in [1.165, 1.54) is 40.4 Å². The van der Waals surface area contributed by atoms with E-state index in [-0.39, 0.29) is 30.0 Å². The third-order valence-corrected chi connectivity index (χ3v) is 5.23. The average molecular weight is 393 g/mol. The van der Waals surface area contributed by atoms with Crippen LogP contribution in [0.4, 0.5) is 14.5 Å². The minimum atomic E-state index is -2.99. The molecule has 142 valence electrons. The van der Waals surface area contributed by atoms with Crippen LogP contribution in [0.1, 0.15) is 16.9 Å². The first-order valence-corrected chi connectivity index (χ1v) is 8.97. The molecule has 9 heteroatoms. The standard InChI is InChI=1S/C18H17F2N3O3S/c1-10-11(2)27-16-15(10)17(25)23(9-21-16)8-7-14(24)22-12-5-3-4-6-13(12)26-18(19)20/h3-6,9,18H,7-8H2,1-2H3,(H,22,24). The van der Waals surface area contributed by atoms with Crippen molar-refractivity contribution in [2.24, 2.45) is 0 Å². The van der Waals surface area contributed by atoms with Crippen LogP contribution in [0.15, 0.2) is 35.4 Å². The Hall–Kier alpha value is -2.81. The fraction of sp³-hybridized carbons (Fsp3) is 0.278. The molecule has 2 heterocycles. The maximum Gasteiger partial charge on any atom is 0.387 e. The van der Waals surface area contributed by atoms with Crippen LogP contribution in [0.3, 0.4) is 0 Å². The van der Waals surface area contributed by atoms with Gasteiger partial charge in [0.25, 0.3) is 5.56 Å². The number of amides is 1. The number of para-hydroxylation sites is 2. The molecular formula is C18H17F2N3O3S. The van der Waals surface area contributed by atoms with Crippen molar-refractivity contribution in [1.29, 1.82) is 0 Å². The van der Waals surface area contributed by atoms with Gasteiger partial charge in [-0.15, -0.1) is 11.3 Å². The predicted octanol–water partition coefficient (Wildman–Crippen LogP) is 3.71. The van der Waals surface area contributed by atoms with Gasteiger partial charge in [-0.3, -0.25) is 14.2 Å². The number of benzene rings is 1. The van der Waals surface area contributed by atoms with Gasteiger partial charge in [0.05, 0.1) is 17.4 Å². The first-order chi connectivity index (χ1) is 12.9. The van der Waals surface area contributed by atoms with E-state index in [2.05, 4.69) is 15.0 Å². The smallest absolute Gasteiger partial charge is 0.387 e. The number of anilines is 1. The number of ether oxygens (including phenoxy) is 1. The molecule has 0 aliphatic carbocycles. The van der Waals surface area contributed by atoms with Crippen molar-refractivity contribution in [3.8, 4) is 5.75 Å². The van der Waals surface area contributed by atoms with Gasteiger partial charge in [0.1, 0.15) is 10.6 Å². The number of hydrogen-bond acceptors (Lipinski definition) is 5. The van der Waals surface area contributed by atoms with E-state index in [1.807, 2.05) is 13.8 Å². The number of carbonyl (C=O) groups is 1. The number of rotatable bonds is 6. The maximum atomic E-state index is 12.6. The zero-order valence-corrected chi connectivity index (χ0v) is 15.5. The number of alkyl halides is 2. The molecule has 2 aromatic heterocycles. The molecule has 6 nitrogen and oxygen atoms in total. The molecule has 0 fully saturated rings. The Morgan fingerprint density at radius 2 is 2.07 bits per heavy atom. The van der Waals surface area contributed by atoms with Crippen LogP contribution in [0.5, 0.6) is 5.75 Å². The minimum absolute atomic E-state index is 0.0156. The van der Waals surface area contributed by atoms with E-state index in [1.54, 1.807) is 6.07 Å². The highest BCUT2D eigenvalue weighted by atomic mass is 32.1. The molecular weight excluding hydrogens is 376 g/mol. The average Bonchev–Trinajstić information content (AvgIpc) is 2.90. The summed E-state index contributed by atoms with van der Waals surface area (Å²) in [6.07, 6.45) is 1.40. The fourth-order valence-corrected chi connectivity index (χ4v) is 3.62. The zero-order valence-electron chi connectivity index (χ0n) is 14.7. The van der Waals surface area contributed by atoms with Crippen molar-refractivity contribution in [2.75, 3.05) is 5.32 Å². The third kappa shape index (κ3) is 4.13. The Balaban J connectivity index is 1.72. The molecule has 0 bridgehead atoms. The number of aryl methyl sites for hydroxylation is 3. The van der Waals surface area contributed by atoms with Crippen molar-refractivity contribution in [2.45, 2.75) is 33.4 Å². The van der Waals surface area contributed by atoms with Crippen LogP contribution in [-0.2, 0) is 11.3 Å². The van der Waals surface area contributed by atoms with Crippen LogP contribution in [0.2, 0.25) is 0 Å². The van der Waals surface area contributed by atoms with Gasteiger partial charge in [0.15, 0.2) is 0 Å². The first-order valence-electron chi connectivity index (χ1n) is 8.15. The van der Waals surface area contributed by atoms with E-state index in [9.17, 15) is 18.4 Å². The number of nitrogens with zero attached hydrogens (tertiary/aromatic N) is 2. The molecule has 3 aromatic rings. The molecule has 1 aromatic carbocycles. The lowest BCUT2D eigenvalue weighted by Crippen LogP contribution is -2.23. The van der Waals surface area contributed by atoms with Crippen molar-refractivity contribution < 1.29 is 18.3 Å². The Bertz CT molecular complexity index is 1050. The van der Waals surface area contributed by atoms with Gasteiger partial charge in [0, 0.05) is 17.8 Å². The zero-order chi connectivity index (χ0) is 19.6. The van der Waals surface area contributed by atoms with Gasteiger partial charge in [-0.05, 0) is 31.5 Å². The van der Waals surface area contributed by atoms with Crippen LogP contribution >= 0.6 is 11.3 Å². The summed E-state index contributed by atoms with van der Waals surface area (Å²) in [6.45, 7) is 0.933. The molecule has 0 saturated heterocycles. The van der Waals surface area contributed by atoms with Crippen LogP contribution < -0.4 is 15.6 Å². The van der Waals surface area contributed by atoms with Crippen molar-refractivity contribution in [3.63, 3.8) is 0 Å². The highest BCUT2D eigenvalue weighted by molar-refractivity contribution is 7.18. The Morgan fingerprint density at radius 3 is 2.81 bits per heavy atom. The highest BCUT2D eigenvalue weighted by Gasteiger charge is 2.14. The summed E-state index contributed by atoms with van der Waals surface area (Å²) < 4.78 is 30.6. The van der Waals surface area contributed by atoms with E-state index >= 15 is 0 Å². The highest BCUT2D eigenvalue weighted by Crippen LogP contribution is 2.26. The molecule has 0 unspecified atom stereocenters. The number of nitrogens with one attached hydrogen (secondary N) is 1. The second kappa shape index (κ2) is 7.83. The molecule has 0 saturated carbocycles. The van der Waals surface area contributed by atoms with Gasteiger partial charge >= 0.3 is 6.61 Å². The van der Waals surface area contributed by atoms with Crippen molar-refractivity contribution in [3.05, 3.63) is 51.4 Å². The number of fused-ring (bicyclic) bond motifs is 1. The second-order valence-electron chi connectivity index (χ2n) is 5.88. The summed E-state index contributed by atoms with van der Waals surface area (Å²) in [4.78, 5) is 30.8. The Morgan fingerprint density at radius 1 is 1.33 bits per heavy atom. The minimum Gasteiger partial charge on any atom is -0.433 e. The monoisotopic (exact) mass is 393 g/mol. The Kier molecular flexibility index (Phi) is 5.50. The predicted molar refractivity (Wildman–Crippen MR) is 99.7 cm³/mol. The molecule has 3 rings (SSSR count). The van der Waals surface area contributed by atoms with E-state index in [0.717, 1.165) is 10.4 Å². The van der Waals surface area contributed by atoms with E-state index < -0.39 is 12.5 Å². The van der Waals surface area contributed by atoms with Gasteiger partial charge in [0.2, 0.25) is 5.91 Å². The lowest BCUT2D eigenvalue weighted by molar-refractivity contribution is -0.116. The number of carbonyl (C=O) groups excluding carboxylic acids is 1. The summed E-state index contributed by atoms with van der Waals surface area (Å²) in [5.74, 6) is -0.545. The van der Waals surface area contributed by atoms with Gasteiger partial charge in [-0.25, -0.2) is 4.98 Å². The number of thiophene rings is 1. The van der Waals surface area contributed by atoms with Crippen LogP contribution in [-0.4, -0.2) is 22.1 Å². The maximum absolute atomic E-state index is 12.6. The molecule has 0 aliphatic heterocycles. The summed E-state index contributed by atoms with van der Waals surface area (Å²) in [6, 6.07) is 5.93. The fourth-order valence-electron chi connectivity index (χ4n) is 2.63. The molecule has 1 N–H and O–H groups in total. The van der Waals surface area contributed by atoms with Crippen molar-refractivity contribution in [1.82, 2.24) is 9.55 Å². The van der Waals surface area contributed by atoms with E-state index in [0.29, 0.717) is 10.2 Å². The van der Waals surface area contributed by atoms with Gasteiger partial charge in [-0.1, -0.05) is 12.1 Å². The summed E-state index contributed by atoms with van der Waals surface area (Å²) in [7, 11) is 0. The van der Waals surface area contributed by atoms with Crippen LogP contribution in [0, 0.1) is 13.8 Å². The SMILES string of the molecule is Cc1sc2ncn(CCC(=O)Nc3ccccc3OC(F)F)c(=O)c2c1C. The molecule has 0 atom stereocenters. The lowest BCUT2D eigenvalue weighted by Gasteiger charge is -2.12. The molecule has 0 radical (unpaired) electrons. The first kappa shape index (κ1) is 19.0. The quantitative estimate of drug-likeness (QED) is 0.693. The normalized spacial score (nSPS) is 11.1. The number of halogens is 2. The number of hydrogen-bond donors (Lipinski definition) is 1. The third-order valence-electron chi connectivity index (χ3n) is 4.11. The van der Waals surface area contributed by atoms with Crippen molar-refractivity contribution >= 4 is 33.1 Å². The summed E-state index contributed by atoms with van der Waals surface area (Å²) >= 11 is 1.46. The van der Waals surface area contributed by atoms with Gasteiger partial charge in [-0.2, -0.15) is 8.78 Å². The summed E-state index contributed by atoms with van der Waals surface area (Å²) in [5, 5.41) is 3.09. The number of aromatic nitrogens is 2. The summed E-state index contributed by atoms with van der Waals surface area (Å²) in [5.41, 5.74) is 0.841. The largest absolute Gasteiger partial charge is 0.433 e. The van der Waals surface area contributed by atoms with E-state index in [4.69, 9.17) is 0 Å². The molecule has 0 spiro atoms. The molecule has 1 amide bonds. The Labute approximate surface area is 157 Å². The topological polar surface area (TPSA) is 73.2 Å². The van der Waals surface area contributed by atoms with Crippen LogP contribution in [0.25, 0.3) is 10.2 Å². The second-order valence-corrected chi connectivity index (χ2v) is 7.08. The van der Waals surface area contributed by atoms with Gasteiger partial charge < -0.3 is 10.1 Å². The molecule has 27 heavy (non-hydrogen) atoms. The lowest BCUT2D eigenvalue weighted by atomic mass is 10.2. The molecule has 0 aliphatic rings.